The van der Waals surface area contributed by atoms with Crippen LogP contribution in [0.25, 0.3) is 11.0 Å². The molecule has 0 radical (unpaired) electrons. The lowest BCUT2D eigenvalue weighted by Crippen LogP contribution is -2.25. The van der Waals surface area contributed by atoms with E-state index in [9.17, 15) is 9.59 Å². The lowest BCUT2D eigenvalue weighted by molar-refractivity contribution is 0.415. The molecule has 0 fully saturated rings. The SMILES string of the molecule is COc1ccc(/C=c2\sc3nc(=O)cc(C)n3c2=O)cc1. The standard InChI is InChI=1S/C15H12N2O3S/c1-9-7-13(18)16-15-17(9)14(19)12(21-15)8-10-3-5-11(20-2)6-4-10/h3-8H,1-2H3/b12-8-. The predicted molar refractivity (Wildman–Crippen MR) is 82.1 cm³/mol. The van der Waals surface area contributed by atoms with Gasteiger partial charge in [0.05, 0.1) is 11.6 Å². The summed E-state index contributed by atoms with van der Waals surface area (Å²) in [5.41, 5.74) is 1.00. The van der Waals surface area contributed by atoms with Crippen LogP contribution in [0.5, 0.6) is 5.75 Å². The van der Waals surface area contributed by atoms with Gasteiger partial charge >= 0.3 is 0 Å². The predicted octanol–water partition coefficient (Wildman–Crippen LogP) is 0.981. The molecule has 0 aliphatic carbocycles. The summed E-state index contributed by atoms with van der Waals surface area (Å²) in [5, 5.41) is 0. The number of methoxy groups -OCH3 is 1. The van der Waals surface area contributed by atoms with Crippen molar-refractivity contribution in [1.29, 1.82) is 0 Å². The summed E-state index contributed by atoms with van der Waals surface area (Å²) >= 11 is 1.21. The Morgan fingerprint density at radius 2 is 1.95 bits per heavy atom. The molecule has 106 valence electrons. The zero-order chi connectivity index (χ0) is 15.0. The van der Waals surface area contributed by atoms with Crippen molar-refractivity contribution in [2.24, 2.45) is 0 Å². The molecule has 0 unspecified atom stereocenters. The van der Waals surface area contributed by atoms with E-state index < -0.39 is 0 Å². The highest BCUT2D eigenvalue weighted by Crippen LogP contribution is 2.11. The quantitative estimate of drug-likeness (QED) is 0.708. The summed E-state index contributed by atoms with van der Waals surface area (Å²) in [5.74, 6) is 0.758. The first kappa shape index (κ1) is 13.5. The summed E-state index contributed by atoms with van der Waals surface area (Å²) in [4.78, 5) is 28.1. The monoisotopic (exact) mass is 300 g/mol. The fraction of sp³-hybridized carbons (Fsp3) is 0.133. The van der Waals surface area contributed by atoms with Gasteiger partial charge in [-0.05, 0) is 30.7 Å². The Hall–Kier alpha value is -2.47. The van der Waals surface area contributed by atoms with Crippen LogP contribution < -0.4 is 20.4 Å². The van der Waals surface area contributed by atoms with Gasteiger partial charge < -0.3 is 4.74 Å². The second kappa shape index (κ2) is 5.14. The molecule has 6 heteroatoms. The van der Waals surface area contributed by atoms with Crippen LogP contribution in [0, 0.1) is 6.92 Å². The third kappa shape index (κ3) is 2.45. The van der Waals surface area contributed by atoms with Gasteiger partial charge in [0, 0.05) is 11.8 Å². The Bertz CT molecular complexity index is 971. The van der Waals surface area contributed by atoms with Crippen LogP contribution in [-0.2, 0) is 0 Å². The Morgan fingerprint density at radius 1 is 1.24 bits per heavy atom. The molecule has 3 rings (SSSR count). The van der Waals surface area contributed by atoms with Crippen molar-refractivity contribution in [3.05, 3.63) is 66.8 Å². The van der Waals surface area contributed by atoms with E-state index in [1.807, 2.05) is 24.3 Å². The van der Waals surface area contributed by atoms with Crippen LogP contribution in [0.4, 0.5) is 0 Å². The van der Waals surface area contributed by atoms with E-state index >= 15 is 0 Å². The second-order valence-electron chi connectivity index (χ2n) is 4.54. The van der Waals surface area contributed by atoms with E-state index in [1.165, 1.54) is 21.8 Å². The van der Waals surface area contributed by atoms with Crippen LogP contribution >= 0.6 is 11.3 Å². The van der Waals surface area contributed by atoms with Crippen molar-refractivity contribution in [1.82, 2.24) is 9.38 Å². The number of thiazole rings is 1. The van der Waals surface area contributed by atoms with Crippen molar-refractivity contribution < 1.29 is 4.74 Å². The van der Waals surface area contributed by atoms with Crippen LogP contribution in [0.15, 0.2) is 39.9 Å². The molecule has 3 aromatic rings. The van der Waals surface area contributed by atoms with Gasteiger partial charge in [0.2, 0.25) is 4.96 Å². The second-order valence-corrected chi connectivity index (χ2v) is 5.55. The number of aromatic nitrogens is 2. The number of fused-ring (bicyclic) bond motifs is 1. The highest BCUT2D eigenvalue weighted by atomic mass is 32.1. The molecule has 0 aliphatic heterocycles. The zero-order valence-electron chi connectivity index (χ0n) is 11.5. The molecule has 2 aromatic heterocycles. The summed E-state index contributed by atoms with van der Waals surface area (Å²) < 4.78 is 7.10. The zero-order valence-corrected chi connectivity index (χ0v) is 12.3. The van der Waals surface area contributed by atoms with Gasteiger partial charge in [0.1, 0.15) is 5.75 Å². The Labute approximate surface area is 123 Å². The molecule has 2 heterocycles. The summed E-state index contributed by atoms with van der Waals surface area (Å²) in [6.45, 7) is 1.72. The van der Waals surface area contributed by atoms with E-state index in [0.717, 1.165) is 11.3 Å². The third-order valence-electron chi connectivity index (χ3n) is 3.11. The fourth-order valence-electron chi connectivity index (χ4n) is 2.08. The molecule has 0 aliphatic rings. The fourth-order valence-corrected chi connectivity index (χ4v) is 3.11. The number of nitrogens with zero attached hydrogens (tertiary/aromatic N) is 2. The van der Waals surface area contributed by atoms with Crippen molar-refractivity contribution in [2.75, 3.05) is 7.11 Å². The number of rotatable bonds is 2. The number of benzene rings is 1. The third-order valence-corrected chi connectivity index (χ3v) is 4.08. The minimum absolute atomic E-state index is 0.157. The molecule has 5 nitrogen and oxygen atoms in total. The van der Waals surface area contributed by atoms with E-state index in [2.05, 4.69) is 4.98 Å². The minimum atomic E-state index is -0.329. The average molecular weight is 300 g/mol. The van der Waals surface area contributed by atoms with Gasteiger partial charge in [-0.1, -0.05) is 23.5 Å². The molecule has 0 amide bonds. The van der Waals surface area contributed by atoms with Gasteiger partial charge in [-0.3, -0.25) is 14.0 Å². The number of hydrogen-bond donors (Lipinski definition) is 0. The molecule has 0 saturated carbocycles. The summed E-state index contributed by atoms with van der Waals surface area (Å²) in [6, 6.07) is 8.75. The first-order valence-corrected chi connectivity index (χ1v) is 7.09. The Balaban J connectivity index is 2.22. The maximum atomic E-state index is 12.4. The van der Waals surface area contributed by atoms with Gasteiger partial charge in [-0.25, -0.2) is 0 Å². The van der Waals surface area contributed by atoms with Gasteiger partial charge in [-0.15, -0.1) is 0 Å². The van der Waals surface area contributed by atoms with Crippen molar-refractivity contribution in [3.8, 4) is 5.75 Å². The first-order valence-electron chi connectivity index (χ1n) is 6.27. The molecule has 1 aromatic carbocycles. The van der Waals surface area contributed by atoms with Crippen molar-refractivity contribution in [3.63, 3.8) is 0 Å². The normalized spacial score (nSPS) is 12.0. The highest BCUT2D eigenvalue weighted by molar-refractivity contribution is 7.15. The highest BCUT2D eigenvalue weighted by Gasteiger charge is 2.07. The van der Waals surface area contributed by atoms with Crippen LogP contribution in [-0.4, -0.2) is 16.5 Å². The van der Waals surface area contributed by atoms with Crippen LogP contribution in [0.2, 0.25) is 0 Å². The molecule has 0 spiro atoms. The number of hydrogen-bond acceptors (Lipinski definition) is 5. The van der Waals surface area contributed by atoms with Crippen molar-refractivity contribution >= 4 is 22.4 Å². The molecular weight excluding hydrogens is 288 g/mol. The molecule has 0 bridgehead atoms. The molecule has 0 N–H and O–H groups in total. The number of ether oxygens (including phenoxy) is 1. The van der Waals surface area contributed by atoms with Gasteiger partial charge in [0.15, 0.2) is 0 Å². The van der Waals surface area contributed by atoms with E-state index in [-0.39, 0.29) is 11.1 Å². The Morgan fingerprint density at radius 3 is 2.62 bits per heavy atom. The molecule has 0 saturated heterocycles. The van der Waals surface area contributed by atoms with Gasteiger partial charge in [0.25, 0.3) is 11.1 Å². The Kier molecular flexibility index (Phi) is 3.31. The topological polar surface area (TPSA) is 60.7 Å². The van der Waals surface area contributed by atoms with E-state index in [0.29, 0.717) is 15.2 Å². The van der Waals surface area contributed by atoms with E-state index in [4.69, 9.17) is 4.74 Å². The molecular formula is C15H12N2O3S. The number of aryl methyl sites for hydroxylation is 1. The largest absolute Gasteiger partial charge is 0.497 e. The molecule has 0 atom stereocenters. The summed E-state index contributed by atoms with van der Waals surface area (Å²) in [6.07, 6.45) is 1.78. The lowest BCUT2D eigenvalue weighted by Gasteiger charge is -1.98. The molecule has 21 heavy (non-hydrogen) atoms. The lowest BCUT2D eigenvalue weighted by atomic mass is 10.2. The van der Waals surface area contributed by atoms with Crippen LogP contribution in [0.1, 0.15) is 11.3 Å². The average Bonchev–Trinajstić information content (AvgIpc) is 2.76. The van der Waals surface area contributed by atoms with E-state index in [1.54, 1.807) is 20.1 Å². The smallest absolute Gasteiger partial charge is 0.274 e. The van der Waals surface area contributed by atoms with Crippen LogP contribution in [0.3, 0.4) is 0 Å². The summed E-state index contributed by atoms with van der Waals surface area (Å²) in [7, 11) is 1.60. The van der Waals surface area contributed by atoms with Crippen molar-refractivity contribution in [2.45, 2.75) is 6.92 Å². The maximum absolute atomic E-state index is 12.4. The first-order chi connectivity index (χ1) is 10.1. The maximum Gasteiger partial charge on any atom is 0.274 e. The minimum Gasteiger partial charge on any atom is -0.497 e. The van der Waals surface area contributed by atoms with Gasteiger partial charge in [-0.2, -0.15) is 4.98 Å².